The first-order valence-corrected chi connectivity index (χ1v) is 12.0. The number of rotatable bonds is 9. The number of para-hydroxylation sites is 1. The zero-order valence-corrected chi connectivity index (χ0v) is 19.9. The molecule has 0 saturated heterocycles. The maximum absolute atomic E-state index is 12.6. The van der Waals surface area contributed by atoms with E-state index in [1.54, 1.807) is 0 Å². The summed E-state index contributed by atoms with van der Waals surface area (Å²) >= 11 is 1.39. The molecule has 2 heterocycles. The van der Waals surface area contributed by atoms with Gasteiger partial charge in [0.1, 0.15) is 0 Å². The highest BCUT2D eigenvalue weighted by Gasteiger charge is 2.17. The summed E-state index contributed by atoms with van der Waals surface area (Å²) in [5.74, 6) is 1.27. The van der Waals surface area contributed by atoms with Gasteiger partial charge in [0.25, 0.3) is 0 Å². The van der Waals surface area contributed by atoms with E-state index in [1.165, 1.54) is 11.8 Å². The number of carbonyl (C=O) groups is 1. The van der Waals surface area contributed by atoms with E-state index in [0.29, 0.717) is 11.7 Å². The van der Waals surface area contributed by atoms with Gasteiger partial charge in [-0.1, -0.05) is 67.2 Å². The minimum Gasteiger partial charge on any atom is -0.355 e. The van der Waals surface area contributed by atoms with Crippen LogP contribution in [0.25, 0.3) is 17.1 Å². The summed E-state index contributed by atoms with van der Waals surface area (Å²) in [4.78, 5) is 12.6. The molecular weight excluding hydrogens is 432 g/mol. The molecule has 170 valence electrons. The van der Waals surface area contributed by atoms with Crippen LogP contribution >= 0.6 is 11.8 Å². The second-order valence-corrected chi connectivity index (χ2v) is 9.09. The molecule has 1 N–H and O–H groups in total. The molecule has 0 fully saturated rings. The molecule has 0 bridgehead atoms. The van der Waals surface area contributed by atoms with Crippen LogP contribution < -0.4 is 5.32 Å². The molecule has 1 atom stereocenters. The fourth-order valence-electron chi connectivity index (χ4n) is 3.64. The van der Waals surface area contributed by atoms with E-state index in [1.807, 2.05) is 76.8 Å². The summed E-state index contributed by atoms with van der Waals surface area (Å²) in [7, 11) is 0. The number of nitrogens with zero attached hydrogens (tertiary/aromatic N) is 5. The third-order valence-electron chi connectivity index (χ3n) is 5.25. The second-order valence-electron chi connectivity index (χ2n) is 8.15. The van der Waals surface area contributed by atoms with Crippen molar-refractivity contribution in [2.75, 3.05) is 12.3 Å². The lowest BCUT2D eigenvalue weighted by Crippen LogP contribution is -2.31. The Morgan fingerprint density at radius 1 is 1.03 bits per heavy atom. The number of hydrogen-bond donors (Lipinski definition) is 1. The molecule has 4 rings (SSSR count). The van der Waals surface area contributed by atoms with Crippen LogP contribution in [0.1, 0.15) is 18.3 Å². The summed E-state index contributed by atoms with van der Waals surface area (Å²) in [6.07, 6.45) is 0. The van der Waals surface area contributed by atoms with Gasteiger partial charge < -0.3 is 5.32 Å². The molecule has 0 saturated carbocycles. The third kappa shape index (κ3) is 5.70. The lowest BCUT2D eigenvalue weighted by atomic mass is 10.2. The van der Waals surface area contributed by atoms with Crippen LogP contribution in [-0.4, -0.2) is 42.7 Å². The normalized spacial score (nSPS) is 12.0. The number of nitrogens with one attached hydrogen (secondary N) is 1. The molecule has 2 aromatic heterocycles. The van der Waals surface area contributed by atoms with Crippen LogP contribution in [-0.2, 0) is 11.3 Å². The summed E-state index contributed by atoms with van der Waals surface area (Å²) in [6.45, 7) is 7.52. The summed E-state index contributed by atoms with van der Waals surface area (Å²) in [6, 6.07) is 22.0. The minimum absolute atomic E-state index is 0.0240. The number of benzene rings is 2. The maximum Gasteiger partial charge on any atom is 0.230 e. The highest BCUT2D eigenvalue weighted by Crippen LogP contribution is 2.27. The van der Waals surface area contributed by atoms with E-state index in [2.05, 4.69) is 40.5 Å². The number of aromatic nitrogens is 5. The number of carbonyl (C=O) groups excluding carboxylic acids is 1. The Hall–Kier alpha value is -3.39. The summed E-state index contributed by atoms with van der Waals surface area (Å²) in [5, 5.41) is 17.0. The van der Waals surface area contributed by atoms with E-state index in [-0.39, 0.29) is 17.6 Å². The van der Waals surface area contributed by atoms with Gasteiger partial charge in [0.2, 0.25) is 5.91 Å². The zero-order chi connectivity index (χ0) is 23.2. The topological polar surface area (TPSA) is 77.6 Å². The molecule has 1 amide bonds. The Labute approximate surface area is 198 Å². The third-order valence-corrected chi connectivity index (χ3v) is 6.18. The van der Waals surface area contributed by atoms with Gasteiger partial charge in [-0.3, -0.25) is 14.0 Å². The molecule has 0 aliphatic carbocycles. The maximum atomic E-state index is 12.6. The quantitative estimate of drug-likeness (QED) is 0.377. The van der Waals surface area contributed by atoms with Crippen molar-refractivity contribution in [3.8, 4) is 17.1 Å². The molecule has 7 nitrogen and oxygen atoms in total. The van der Waals surface area contributed by atoms with Crippen molar-refractivity contribution in [2.45, 2.75) is 32.5 Å². The predicted molar refractivity (Wildman–Crippen MR) is 131 cm³/mol. The van der Waals surface area contributed by atoms with Gasteiger partial charge in [-0.05, 0) is 38.0 Å². The molecule has 2 aromatic carbocycles. The highest BCUT2D eigenvalue weighted by atomic mass is 32.2. The van der Waals surface area contributed by atoms with E-state index >= 15 is 0 Å². The van der Waals surface area contributed by atoms with Gasteiger partial charge in [0, 0.05) is 30.0 Å². The Bertz CT molecular complexity index is 1200. The minimum atomic E-state index is -0.0240. The SMILES string of the molecule is Cc1cc(C)n(CC(C)CNC(=O)CSc2nnc(-c3ccccc3)n2-c2ccccc2)n1. The highest BCUT2D eigenvalue weighted by molar-refractivity contribution is 7.99. The van der Waals surface area contributed by atoms with Gasteiger partial charge in [-0.2, -0.15) is 5.10 Å². The van der Waals surface area contributed by atoms with Gasteiger partial charge in [0.05, 0.1) is 11.4 Å². The van der Waals surface area contributed by atoms with E-state index < -0.39 is 0 Å². The number of hydrogen-bond acceptors (Lipinski definition) is 5. The Kier molecular flexibility index (Phi) is 7.24. The van der Waals surface area contributed by atoms with Crippen LogP contribution in [0, 0.1) is 19.8 Å². The molecule has 1 unspecified atom stereocenters. The van der Waals surface area contributed by atoms with Crippen molar-refractivity contribution in [3.63, 3.8) is 0 Å². The van der Waals surface area contributed by atoms with Gasteiger partial charge >= 0.3 is 0 Å². The van der Waals surface area contributed by atoms with Crippen LogP contribution in [0.2, 0.25) is 0 Å². The molecule has 0 radical (unpaired) electrons. The first kappa shape index (κ1) is 22.8. The Morgan fingerprint density at radius 3 is 2.39 bits per heavy atom. The number of aryl methyl sites for hydroxylation is 2. The molecule has 0 aliphatic heterocycles. The standard InChI is InChI=1S/C25H28N6OS/c1-18(16-30-20(3)14-19(2)29-30)15-26-23(32)17-33-25-28-27-24(21-10-6-4-7-11-21)31(25)22-12-8-5-9-13-22/h4-14,18H,15-17H2,1-3H3,(H,26,32). The Morgan fingerprint density at radius 2 is 1.73 bits per heavy atom. The number of amides is 1. The fraction of sp³-hybridized carbons (Fsp3) is 0.280. The van der Waals surface area contributed by atoms with Crippen LogP contribution in [0.15, 0.2) is 71.9 Å². The van der Waals surface area contributed by atoms with Crippen molar-refractivity contribution in [3.05, 3.63) is 78.1 Å². The van der Waals surface area contributed by atoms with E-state index in [9.17, 15) is 4.79 Å². The van der Waals surface area contributed by atoms with Crippen molar-refractivity contribution in [2.24, 2.45) is 5.92 Å². The largest absolute Gasteiger partial charge is 0.355 e. The van der Waals surface area contributed by atoms with Gasteiger partial charge in [0.15, 0.2) is 11.0 Å². The van der Waals surface area contributed by atoms with Crippen molar-refractivity contribution < 1.29 is 4.79 Å². The second kappa shape index (κ2) is 10.5. The summed E-state index contributed by atoms with van der Waals surface area (Å²) < 4.78 is 3.99. The smallest absolute Gasteiger partial charge is 0.230 e. The van der Waals surface area contributed by atoms with Crippen molar-refractivity contribution in [1.29, 1.82) is 0 Å². The van der Waals surface area contributed by atoms with Gasteiger partial charge in [-0.15, -0.1) is 10.2 Å². The molecule has 8 heteroatoms. The lowest BCUT2D eigenvalue weighted by molar-refractivity contribution is -0.118. The van der Waals surface area contributed by atoms with Crippen LogP contribution in [0.3, 0.4) is 0 Å². The predicted octanol–water partition coefficient (Wildman–Crippen LogP) is 4.29. The first-order chi connectivity index (χ1) is 16.0. The molecular formula is C25H28N6OS. The van der Waals surface area contributed by atoms with E-state index in [0.717, 1.165) is 35.0 Å². The molecule has 0 aliphatic rings. The van der Waals surface area contributed by atoms with Crippen molar-refractivity contribution >= 4 is 17.7 Å². The molecule has 4 aromatic rings. The molecule has 33 heavy (non-hydrogen) atoms. The fourth-order valence-corrected chi connectivity index (χ4v) is 4.42. The van der Waals surface area contributed by atoms with E-state index in [4.69, 9.17) is 0 Å². The monoisotopic (exact) mass is 460 g/mol. The first-order valence-electron chi connectivity index (χ1n) is 11.0. The Balaban J connectivity index is 1.40. The van der Waals surface area contributed by atoms with Crippen LogP contribution in [0.4, 0.5) is 0 Å². The summed E-state index contributed by atoms with van der Waals surface area (Å²) in [5.41, 5.74) is 4.08. The average molecular weight is 461 g/mol. The molecule has 0 spiro atoms. The zero-order valence-electron chi connectivity index (χ0n) is 19.1. The van der Waals surface area contributed by atoms with Gasteiger partial charge in [-0.25, -0.2) is 0 Å². The lowest BCUT2D eigenvalue weighted by Gasteiger charge is -2.14. The van der Waals surface area contributed by atoms with Crippen LogP contribution in [0.5, 0.6) is 0 Å². The van der Waals surface area contributed by atoms with Crippen molar-refractivity contribution in [1.82, 2.24) is 29.9 Å². The average Bonchev–Trinajstić information content (AvgIpc) is 3.39. The number of thioether (sulfide) groups is 1.